The van der Waals surface area contributed by atoms with Crippen LogP contribution in [-0.4, -0.2) is 47.3 Å². The van der Waals surface area contributed by atoms with Gasteiger partial charge >= 0.3 is 0 Å². The molecule has 1 atom stereocenters. The van der Waals surface area contributed by atoms with Crippen LogP contribution in [0.5, 0.6) is 11.5 Å². The van der Waals surface area contributed by atoms with E-state index in [-0.39, 0.29) is 11.8 Å². The van der Waals surface area contributed by atoms with Gasteiger partial charge in [-0.1, -0.05) is 12.1 Å². The molecule has 23 heavy (non-hydrogen) atoms. The molecule has 7 nitrogen and oxygen atoms in total. The van der Waals surface area contributed by atoms with Crippen LogP contribution in [0.2, 0.25) is 0 Å². The lowest BCUT2D eigenvalue weighted by molar-refractivity contribution is -0.126. The van der Waals surface area contributed by atoms with E-state index in [0.29, 0.717) is 25.3 Å². The lowest BCUT2D eigenvalue weighted by atomic mass is 9.95. The second-order valence-electron chi connectivity index (χ2n) is 5.11. The number of hydrogen-bond acceptors (Lipinski definition) is 6. The maximum absolute atomic E-state index is 12.3. The minimum absolute atomic E-state index is 0.0132. The number of para-hydroxylation sites is 1. The van der Waals surface area contributed by atoms with Gasteiger partial charge < -0.3 is 14.8 Å². The number of ether oxygens (including phenoxy) is 2. The van der Waals surface area contributed by atoms with Crippen molar-refractivity contribution in [1.29, 1.82) is 0 Å². The van der Waals surface area contributed by atoms with Gasteiger partial charge in [0.1, 0.15) is 11.6 Å². The summed E-state index contributed by atoms with van der Waals surface area (Å²) < 4.78 is 11.0. The van der Waals surface area contributed by atoms with E-state index in [0.717, 1.165) is 22.1 Å². The summed E-state index contributed by atoms with van der Waals surface area (Å²) in [4.78, 5) is 12.3. The first-order valence-corrected chi connectivity index (χ1v) is 8.31. The van der Waals surface area contributed by atoms with Gasteiger partial charge in [0.15, 0.2) is 11.5 Å². The number of benzene rings is 1. The molecule has 2 heterocycles. The Kier molecular flexibility index (Phi) is 5.02. The third-order valence-corrected chi connectivity index (χ3v) is 4.49. The Balaban J connectivity index is 1.49. The Morgan fingerprint density at radius 3 is 3.26 bits per heavy atom. The quantitative estimate of drug-likeness (QED) is 0.611. The fourth-order valence-electron chi connectivity index (χ4n) is 2.46. The van der Waals surface area contributed by atoms with Crippen LogP contribution in [-0.2, 0) is 11.2 Å². The SMILES string of the molecule is COc1cccc2c1OC[C@@H](C(=O)NCCSc1cn[nH]n1)C2. The van der Waals surface area contributed by atoms with E-state index >= 15 is 0 Å². The molecule has 0 saturated heterocycles. The van der Waals surface area contributed by atoms with Crippen LogP contribution < -0.4 is 14.8 Å². The Morgan fingerprint density at radius 2 is 2.48 bits per heavy atom. The largest absolute Gasteiger partial charge is 0.493 e. The molecule has 122 valence electrons. The molecule has 8 heteroatoms. The van der Waals surface area contributed by atoms with E-state index in [1.807, 2.05) is 18.2 Å². The van der Waals surface area contributed by atoms with Gasteiger partial charge in [-0.3, -0.25) is 4.79 Å². The maximum atomic E-state index is 12.3. The number of H-pyrrole nitrogens is 1. The van der Waals surface area contributed by atoms with Gasteiger partial charge in [-0.25, -0.2) is 0 Å². The first-order chi connectivity index (χ1) is 11.3. The smallest absolute Gasteiger partial charge is 0.226 e. The van der Waals surface area contributed by atoms with Crippen molar-refractivity contribution in [2.45, 2.75) is 11.4 Å². The molecule has 0 saturated carbocycles. The van der Waals surface area contributed by atoms with E-state index in [9.17, 15) is 4.79 Å². The molecule has 0 aliphatic carbocycles. The average Bonchev–Trinajstić information content (AvgIpc) is 3.10. The third kappa shape index (κ3) is 3.76. The summed E-state index contributed by atoms with van der Waals surface area (Å²) in [6, 6.07) is 5.74. The van der Waals surface area contributed by atoms with Gasteiger partial charge in [0.2, 0.25) is 5.91 Å². The monoisotopic (exact) mass is 334 g/mol. The summed E-state index contributed by atoms with van der Waals surface area (Å²) >= 11 is 1.54. The number of methoxy groups -OCH3 is 1. The highest BCUT2D eigenvalue weighted by Gasteiger charge is 2.27. The molecule has 1 aromatic carbocycles. The average molecular weight is 334 g/mol. The molecule has 1 aliphatic heterocycles. The second kappa shape index (κ2) is 7.36. The van der Waals surface area contributed by atoms with Gasteiger partial charge in [0.25, 0.3) is 0 Å². The number of thioether (sulfide) groups is 1. The number of aromatic amines is 1. The van der Waals surface area contributed by atoms with Crippen molar-refractivity contribution >= 4 is 17.7 Å². The second-order valence-corrected chi connectivity index (χ2v) is 6.22. The van der Waals surface area contributed by atoms with E-state index in [4.69, 9.17) is 9.47 Å². The molecular formula is C15H18N4O3S. The third-order valence-electron chi connectivity index (χ3n) is 3.59. The van der Waals surface area contributed by atoms with Crippen molar-refractivity contribution in [1.82, 2.24) is 20.7 Å². The molecule has 0 unspecified atom stereocenters. The molecule has 2 aromatic rings. The number of carbonyl (C=O) groups excluding carboxylic acids is 1. The number of nitrogens with zero attached hydrogens (tertiary/aromatic N) is 2. The number of amides is 1. The molecular weight excluding hydrogens is 316 g/mol. The molecule has 0 spiro atoms. The number of rotatable bonds is 6. The summed E-state index contributed by atoms with van der Waals surface area (Å²) in [5.74, 6) is 2.05. The summed E-state index contributed by atoms with van der Waals surface area (Å²) in [6.07, 6.45) is 2.32. The van der Waals surface area contributed by atoms with Gasteiger partial charge in [-0.05, 0) is 18.1 Å². The Labute approximate surface area is 138 Å². The molecule has 1 aromatic heterocycles. The van der Waals surface area contributed by atoms with Crippen LogP contribution in [0.15, 0.2) is 29.4 Å². The number of aromatic nitrogens is 3. The fourth-order valence-corrected chi connectivity index (χ4v) is 3.10. The van der Waals surface area contributed by atoms with Gasteiger partial charge in [0, 0.05) is 12.3 Å². The number of hydrogen-bond donors (Lipinski definition) is 2. The van der Waals surface area contributed by atoms with Crippen LogP contribution in [0.3, 0.4) is 0 Å². The minimum Gasteiger partial charge on any atom is -0.493 e. The van der Waals surface area contributed by atoms with E-state index in [1.165, 1.54) is 0 Å². The lowest BCUT2D eigenvalue weighted by Gasteiger charge is -2.25. The molecule has 3 rings (SSSR count). The maximum Gasteiger partial charge on any atom is 0.226 e. The molecule has 1 amide bonds. The Hall–Kier alpha value is -2.22. The van der Waals surface area contributed by atoms with Crippen molar-refractivity contribution in [2.24, 2.45) is 5.92 Å². The molecule has 0 fully saturated rings. The summed E-state index contributed by atoms with van der Waals surface area (Å²) in [7, 11) is 1.62. The van der Waals surface area contributed by atoms with Gasteiger partial charge in [-0.15, -0.1) is 16.9 Å². The zero-order chi connectivity index (χ0) is 16.1. The summed E-state index contributed by atoms with van der Waals surface area (Å²) in [6.45, 7) is 0.952. The van der Waals surface area contributed by atoms with Crippen molar-refractivity contribution < 1.29 is 14.3 Å². The predicted octanol–water partition coefficient (Wildman–Crippen LogP) is 1.27. The van der Waals surface area contributed by atoms with Crippen molar-refractivity contribution in [3.8, 4) is 11.5 Å². The fraction of sp³-hybridized carbons (Fsp3) is 0.400. The molecule has 1 aliphatic rings. The van der Waals surface area contributed by atoms with Crippen LogP contribution in [0.1, 0.15) is 5.56 Å². The van der Waals surface area contributed by atoms with E-state index in [2.05, 4.69) is 20.7 Å². The Bertz CT molecular complexity index is 663. The minimum atomic E-state index is -0.174. The lowest BCUT2D eigenvalue weighted by Crippen LogP contribution is -2.38. The number of fused-ring (bicyclic) bond motifs is 1. The highest BCUT2D eigenvalue weighted by Crippen LogP contribution is 2.35. The molecule has 0 bridgehead atoms. The summed E-state index contributed by atoms with van der Waals surface area (Å²) in [5, 5.41) is 14.0. The Morgan fingerprint density at radius 1 is 1.57 bits per heavy atom. The van der Waals surface area contributed by atoms with E-state index in [1.54, 1.807) is 25.1 Å². The predicted molar refractivity (Wildman–Crippen MR) is 85.8 cm³/mol. The standard InChI is InChI=1S/C15H18N4O3S/c1-21-12-4-2-3-10-7-11(9-22-14(10)12)15(20)16-5-6-23-13-8-17-19-18-13/h2-4,8,11H,5-7,9H2,1H3,(H,16,20)(H,17,18,19)/t11-/m0/s1. The van der Waals surface area contributed by atoms with Crippen LogP contribution in [0, 0.1) is 5.92 Å². The number of nitrogens with one attached hydrogen (secondary N) is 2. The topological polar surface area (TPSA) is 89.1 Å². The highest BCUT2D eigenvalue weighted by atomic mass is 32.2. The first-order valence-electron chi connectivity index (χ1n) is 7.33. The van der Waals surface area contributed by atoms with Crippen LogP contribution >= 0.6 is 11.8 Å². The number of carbonyl (C=O) groups is 1. The highest BCUT2D eigenvalue weighted by molar-refractivity contribution is 7.99. The van der Waals surface area contributed by atoms with Crippen LogP contribution in [0.4, 0.5) is 0 Å². The van der Waals surface area contributed by atoms with E-state index < -0.39 is 0 Å². The van der Waals surface area contributed by atoms with Crippen molar-refractivity contribution in [2.75, 3.05) is 26.0 Å². The zero-order valence-corrected chi connectivity index (χ0v) is 13.6. The van der Waals surface area contributed by atoms with Crippen molar-refractivity contribution in [3.63, 3.8) is 0 Å². The zero-order valence-electron chi connectivity index (χ0n) is 12.7. The normalized spacial score (nSPS) is 16.3. The van der Waals surface area contributed by atoms with Gasteiger partial charge in [0.05, 0.1) is 19.2 Å². The molecule has 2 N–H and O–H groups in total. The van der Waals surface area contributed by atoms with Crippen molar-refractivity contribution in [3.05, 3.63) is 30.0 Å². The summed E-state index contributed by atoms with van der Waals surface area (Å²) in [5.41, 5.74) is 1.01. The first kappa shape index (κ1) is 15.7. The molecule has 0 radical (unpaired) electrons. The van der Waals surface area contributed by atoms with Crippen LogP contribution in [0.25, 0.3) is 0 Å². The van der Waals surface area contributed by atoms with Gasteiger partial charge in [-0.2, -0.15) is 10.3 Å².